The van der Waals surface area contributed by atoms with Gasteiger partial charge < -0.3 is 14.8 Å². The minimum atomic E-state index is 0.251. The number of hydrogen-bond donors (Lipinski definition) is 3. The zero-order chi connectivity index (χ0) is 15.1. The van der Waals surface area contributed by atoms with E-state index in [1.807, 2.05) is 6.92 Å². The second kappa shape index (κ2) is 7.94. The van der Waals surface area contributed by atoms with Crippen LogP contribution in [0.25, 0.3) is 0 Å². The monoisotopic (exact) mass is 296 g/mol. The van der Waals surface area contributed by atoms with Crippen LogP contribution in [0.5, 0.6) is 6.01 Å². The highest BCUT2D eigenvalue weighted by Crippen LogP contribution is 2.21. The normalized spacial score (nSPS) is 17.3. The zero-order valence-electron chi connectivity index (χ0n) is 12.6. The molecule has 0 amide bonds. The molecule has 0 bridgehead atoms. The fourth-order valence-corrected chi connectivity index (χ4v) is 2.28. The van der Waals surface area contributed by atoms with Gasteiger partial charge in [-0.1, -0.05) is 6.92 Å². The molecule has 1 aromatic heterocycles. The average Bonchev–Trinajstić information content (AvgIpc) is 2.53. The third kappa shape index (κ3) is 4.68. The van der Waals surface area contributed by atoms with Crippen LogP contribution >= 0.6 is 0 Å². The third-order valence-electron chi connectivity index (χ3n) is 3.51. The van der Waals surface area contributed by atoms with Gasteiger partial charge in [0, 0.05) is 19.3 Å². The van der Waals surface area contributed by atoms with Gasteiger partial charge in [-0.25, -0.2) is 5.84 Å². The van der Waals surface area contributed by atoms with E-state index in [4.69, 9.17) is 15.3 Å². The van der Waals surface area contributed by atoms with Gasteiger partial charge >= 0.3 is 6.01 Å². The van der Waals surface area contributed by atoms with Crippen molar-refractivity contribution in [3.63, 3.8) is 0 Å². The molecule has 0 aromatic carbocycles. The molecule has 1 aliphatic heterocycles. The maximum Gasteiger partial charge on any atom is 0.323 e. The number of hydrogen-bond acceptors (Lipinski definition) is 8. The maximum absolute atomic E-state index is 5.45. The number of nitrogens with two attached hydrogens (primary N) is 1. The zero-order valence-corrected chi connectivity index (χ0v) is 12.6. The molecule has 0 aliphatic carbocycles. The van der Waals surface area contributed by atoms with Crippen molar-refractivity contribution in [2.45, 2.75) is 39.2 Å². The highest BCUT2D eigenvalue weighted by Gasteiger charge is 2.21. The van der Waals surface area contributed by atoms with E-state index in [-0.39, 0.29) is 18.0 Å². The molecule has 0 radical (unpaired) electrons. The summed E-state index contributed by atoms with van der Waals surface area (Å²) < 4.78 is 10.8. The standard InChI is InChI=1S/C13H24N6O2/c1-3-6-21-13-17-11(16-12(18-13)19-14)15-9(2)10-4-7-20-8-5-10/h9-10H,3-8,14H2,1-2H3,(H2,15,16,17,18,19). The van der Waals surface area contributed by atoms with E-state index in [0.717, 1.165) is 32.5 Å². The molecular weight excluding hydrogens is 272 g/mol. The summed E-state index contributed by atoms with van der Waals surface area (Å²) in [6.45, 7) is 6.34. The van der Waals surface area contributed by atoms with Crippen molar-refractivity contribution in [3.05, 3.63) is 0 Å². The summed E-state index contributed by atoms with van der Waals surface area (Å²) in [6.07, 6.45) is 2.97. The Hall–Kier alpha value is -1.67. The van der Waals surface area contributed by atoms with E-state index in [0.29, 0.717) is 18.5 Å². The van der Waals surface area contributed by atoms with E-state index < -0.39 is 0 Å². The molecule has 8 heteroatoms. The Kier molecular flexibility index (Phi) is 5.94. The van der Waals surface area contributed by atoms with Gasteiger partial charge in [0.15, 0.2) is 0 Å². The lowest BCUT2D eigenvalue weighted by molar-refractivity contribution is 0.0621. The molecule has 118 valence electrons. The first kappa shape index (κ1) is 15.7. The first-order valence-corrected chi connectivity index (χ1v) is 7.42. The largest absolute Gasteiger partial charge is 0.463 e. The predicted molar refractivity (Wildman–Crippen MR) is 80.1 cm³/mol. The number of nitrogen functional groups attached to an aromatic ring is 1. The first-order valence-electron chi connectivity index (χ1n) is 7.42. The van der Waals surface area contributed by atoms with Crippen LogP contribution in [0.3, 0.4) is 0 Å². The molecule has 1 saturated heterocycles. The van der Waals surface area contributed by atoms with Crippen molar-refractivity contribution in [1.82, 2.24) is 15.0 Å². The quantitative estimate of drug-likeness (QED) is 0.508. The van der Waals surface area contributed by atoms with E-state index in [1.165, 1.54) is 0 Å². The van der Waals surface area contributed by atoms with Gasteiger partial charge in [0.2, 0.25) is 11.9 Å². The van der Waals surface area contributed by atoms with E-state index in [2.05, 4.69) is 32.6 Å². The van der Waals surface area contributed by atoms with E-state index in [9.17, 15) is 0 Å². The topological polar surface area (TPSA) is 107 Å². The lowest BCUT2D eigenvalue weighted by Gasteiger charge is -2.28. The molecule has 0 saturated carbocycles. The number of ether oxygens (including phenoxy) is 2. The average molecular weight is 296 g/mol. The number of aromatic nitrogens is 3. The summed E-state index contributed by atoms with van der Waals surface area (Å²) in [5, 5.41) is 3.31. The number of hydrazine groups is 1. The van der Waals surface area contributed by atoms with E-state index >= 15 is 0 Å². The van der Waals surface area contributed by atoms with Gasteiger partial charge in [-0.05, 0) is 32.1 Å². The van der Waals surface area contributed by atoms with Crippen molar-refractivity contribution in [2.75, 3.05) is 30.6 Å². The van der Waals surface area contributed by atoms with Crippen LogP contribution in [-0.2, 0) is 4.74 Å². The molecule has 2 rings (SSSR count). The van der Waals surface area contributed by atoms with Gasteiger partial charge in [-0.2, -0.15) is 15.0 Å². The first-order chi connectivity index (χ1) is 10.2. The summed E-state index contributed by atoms with van der Waals surface area (Å²) in [5.74, 6) is 6.70. The van der Waals surface area contributed by atoms with Gasteiger partial charge in [0.1, 0.15) is 0 Å². The summed E-state index contributed by atoms with van der Waals surface area (Å²) in [6, 6.07) is 0.530. The maximum atomic E-state index is 5.45. The summed E-state index contributed by atoms with van der Waals surface area (Å²) in [5.41, 5.74) is 2.43. The van der Waals surface area contributed by atoms with Crippen LogP contribution < -0.4 is 21.3 Å². The van der Waals surface area contributed by atoms with Crippen LogP contribution in [-0.4, -0.2) is 40.8 Å². The molecular formula is C13H24N6O2. The lowest BCUT2D eigenvalue weighted by atomic mass is 9.93. The Morgan fingerprint density at radius 1 is 1.29 bits per heavy atom. The van der Waals surface area contributed by atoms with Crippen molar-refractivity contribution >= 4 is 11.9 Å². The molecule has 1 fully saturated rings. The molecule has 4 N–H and O–H groups in total. The molecule has 2 heterocycles. The second-order valence-electron chi connectivity index (χ2n) is 5.14. The van der Waals surface area contributed by atoms with E-state index in [1.54, 1.807) is 0 Å². The van der Waals surface area contributed by atoms with Crippen LogP contribution in [0, 0.1) is 5.92 Å². The molecule has 1 aliphatic rings. The van der Waals surface area contributed by atoms with Crippen LogP contribution in [0.1, 0.15) is 33.1 Å². The third-order valence-corrected chi connectivity index (χ3v) is 3.51. The Labute approximate surface area is 124 Å². The smallest absolute Gasteiger partial charge is 0.323 e. The number of nitrogens with zero attached hydrogens (tertiary/aromatic N) is 3. The molecule has 1 atom stereocenters. The highest BCUT2D eigenvalue weighted by molar-refractivity contribution is 5.35. The molecule has 0 spiro atoms. The summed E-state index contributed by atoms with van der Waals surface area (Å²) in [4.78, 5) is 12.6. The summed E-state index contributed by atoms with van der Waals surface area (Å²) >= 11 is 0. The molecule has 1 aromatic rings. The Morgan fingerprint density at radius 2 is 2.00 bits per heavy atom. The van der Waals surface area contributed by atoms with Crippen molar-refractivity contribution in [1.29, 1.82) is 0 Å². The Bertz CT molecular complexity index is 439. The predicted octanol–water partition coefficient (Wildman–Crippen LogP) is 1.17. The molecule has 1 unspecified atom stereocenters. The Morgan fingerprint density at radius 3 is 2.67 bits per heavy atom. The fraction of sp³-hybridized carbons (Fsp3) is 0.769. The summed E-state index contributed by atoms with van der Waals surface area (Å²) in [7, 11) is 0. The minimum Gasteiger partial charge on any atom is -0.463 e. The van der Waals surface area contributed by atoms with Gasteiger partial charge in [0.05, 0.1) is 6.61 Å². The van der Waals surface area contributed by atoms with Gasteiger partial charge in [-0.3, -0.25) is 5.43 Å². The number of nitrogens with one attached hydrogen (secondary N) is 2. The molecule has 8 nitrogen and oxygen atoms in total. The van der Waals surface area contributed by atoms with Gasteiger partial charge in [-0.15, -0.1) is 0 Å². The van der Waals surface area contributed by atoms with Gasteiger partial charge in [0.25, 0.3) is 0 Å². The number of rotatable bonds is 7. The lowest BCUT2D eigenvalue weighted by Crippen LogP contribution is -2.31. The van der Waals surface area contributed by atoms with Crippen molar-refractivity contribution in [2.24, 2.45) is 11.8 Å². The highest BCUT2D eigenvalue weighted by atomic mass is 16.5. The Balaban J connectivity index is 2.03. The fourth-order valence-electron chi connectivity index (χ4n) is 2.28. The van der Waals surface area contributed by atoms with Crippen LogP contribution in [0.4, 0.5) is 11.9 Å². The SMILES string of the molecule is CCCOc1nc(NN)nc(NC(C)C2CCOCC2)n1. The minimum absolute atomic E-state index is 0.251. The second-order valence-corrected chi connectivity index (χ2v) is 5.14. The van der Waals surface area contributed by atoms with Crippen LogP contribution in [0.15, 0.2) is 0 Å². The number of anilines is 2. The van der Waals surface area contributed by atoms with Crippen molar-refractivity contribution < 1.29 is 9.47 Å². The molecule has 21 heavy (non-hydrogen) atoms. The van der Waals surface area contributed by atoms with Crippen molar-refractivity contribution in [3.8, 4) is 6.01 Å². The van der Waals surface area contributed by atoms with Crippen LogP contribution in [0.2, 0.25) is 0 Å².